The third-order valence-corrected chi connectivity index (χ3v) is 4.41. The first-order valence-electron chi connectivity index (χ1n) is 8.33. The summed E-state index contributed by atoms with van der Waals surface area (Å²) in [4.78, 5) is 24.4. The second-order valence-electron chi connectivity index (χ2n) is 6.01. The van der Waals surface area contributed by atoms with Crippen molar-refractivity contribution in [1.82, 2.24) is 9.97 Å². The van der Waals surface area contributed by atoms with E-state index in [1.165, 1.54) is 5.69 Å². The molecule has 0 atom stereocenters. The number of rotatable bonds is 4. The fourth-order valence-corrected chi connectivity index (χ4v) is 3.11. The van der Waals surface area contributed by atoms with Gasteiger partial charge in [0.1, 0.15) is 0 Å². The molecule has 5 nitrogen and oxygen atoms in total. The van der Waals surface area contributed by atoms with Gasteiger partial charge in [-0.05, 0) is 25.5 Å². The van der Waals surface area contributed by atoms with E-state index in [-0.39, 0.29) is 5.56 Å². The Morgan fingerprint density at radius 3 is 2.35 bits per heavy atom. The molecule has 0 radical (unpaired) electrons. The van der Waals surface area contributed by atoms with E-state index in [0.717, 1.165) is 50.3 Å². The van der Waals surface area contributed by atoms with E-state index in [9.17, 15) is 4.79 Å². The summed E-state index contributed by atoms with van der Waals surface area (Å²) in [6.07, 6.45) is 1.75. The molecule has 1 N–H and O–H groups in total. The largest absolute Gasteiger partial charge is 0.368 e. The zero-order chi connectivity index (χ0) is 16.2. The standard InChI is InChI=1S/C18H24N4O/c1-3-7-16-14(2)19-18(20-17(16)23)22-12-10-21(11-13-22)15-8-5-4-6-9-15/h4-6,8-9H,3,7,10-13H2,1-2H3,(H,19,20,23). The normalized spacial score (nSPS) is 15.0. The Morgan fingerprint density at radius 2 is 1.74 bits per heavy atom. The van der Waals surface area contributed by atoms with Gasteiger partial charge < -0.3 is 9.80 Å². The minimum absolute atomic E-state index is 0.0137. The first kappa shape index (κ1) is 15.6. The summed E-state index contributed by atoms with van der Waals surface area (Å²) in [5, 5.41) is 0. The Labute approximate surface area is 137 Å². The van der Waals surface area contributed by atoms with Gasteiger partial charge in [0.2, 0.25) is 5.95 Å². The van der Waals surface area contributed by atoms with Crippen LogP contribution in [0.3, 0.4) is 0 Å². The fraction of sp³-hybridized carbons (Fsp3) is 0.444. The van der Waals surface area contributed by atoms with Gasteiger partial charge in [-0.25, -0.2) is 4.98 Å². The Bertz CT molecular complexity index is 703. The maximum Gasteiger partial charge on any atom is 0.255 e. The van der Waals surface area contributed by atoms with Crippen LogP contribution >= 0.6 is 0 Å². The number of benzene rings is 1. The molecule has 2 aromatic rings. The minimum Gasteiger partial charge on any atom is -0.368 e. The number of nitrogens with one attached hydrogen (secondary N) is 1. The highest BCUT2D eigenvalue weighted by Crippen LogP contribution is 2.18. The number of aromatic amines is 1. The highest BCUT2D eigenvalue weighted by Gasteiger charge is 2.20. The van der Waals surface area contributed by atoms with E-state index >= 15 is 0 Å². The van der Waals surface area contributed by atoms with E-state index in [1.54, 1.807) is 0 Å². The molecule has 1 aliphatic rings. The lowest BCUT2D eigenvalue weighted by Gasteiger charge is -2.36. The third kappa shape index (κ3) is 3.38. The number of H-pyrrole nitrogens is 1. The van der Waals surface area contributed by atoms with Crippen LogP contribution in [0, 0.1) is 6.92 Å². The van der Waals surface area contributed by atoms with Crippen molar-refractivity contribution < 1.29 is 0 Å². The van der Waals surface area contributed by atoms with Crippen LogP contribution in [0.2, 0.25) is 0 Å². The molecule has 3 rings (SSSR count). The second kappa shape index (κ2) is 6.86. The van der Waals surface area contributed by atoms with Crippen molar-refractivity contribution in [2.45, 2.75) is 26.7 Å². The predicted octanol–water partition coefficient (Wildman–Crippen LogP) is 2.36. The summed E-state index contributed by atoms with van der Waals surface area (Å²) < 4.78 is 0. The number of aryl methyl sites for hydroxylation is 1. The van der Waals surface area contributed by atoms with Crippen molar-refractivity contribution in [2.75, 3.05) is 36.0 Å². The van der Waals surface area contributed by atoms with Gasteiger partial charge in [-0.15, -0.1) is 0 Å². The molecule has 23 heavy (non-hydrogen) atoms. The van der Waals surface area contributed by atoms with Gasteiger partial charge in [-0.2, -0.15) is 0 Å². The molecule has 1 fully saturated rings. The van der Waals surface area contributed by atoms with Crippen molar-refractivity contribution in [3.05, 3.63) is 51.9 Å². The lowest BCUT2D eigenvalue weighted by Crippen LogP contribution is -2.47. The molecule has 5 heteroatoms. The van der Waals surface area contributed by atoms with Crippen LogP contribution in [-0.4, -0.2) is 36.1 Å². The second-order valence-corrected chi connectivity index (χ2v) is 6.01. The molecule has 0 aliphatic carbocycles. The monoisotopic (exact) mass is 312 g/mol. The number of nitrogens with zero attached hydrogens (tertiary/aromatic N) is 3. The first-order chi connectivity index (χ1) is 11.2. The van der Waals surface area contributed by atoms with Crippen molar-refractivity contribution >= 4 is 11.6 Å². The van der Waals surface area contributed by atoms with Crippen molar-refractivity contribution in [2.24, 2.45) is 0 Å². The van der Waals surface area contributed by atoms with E-state index in [2.05, 4.69) is 51.0 Å². The first-order valence-corrected chi connectivity index (χ1v) is 8.33. The summed E-state index contributed by atoms with van der Waals surface area (Å²) >= 11 is 0. The molecular weight excluding hydrogens is 288 g/mol. The van der Waals surface area contributed by atoms with Gasteiger partial charge in [0.25, 0.3) is 5.56 Å². The Balaban J connectivity index is 1.72. The van der Waals surface area contributed by atoms with Crippen molar-refractivity contribution in [1.29, 1.82) is 0 Å². The highest BCUT2D eigenvalue weighted by molar-refractivity contribution is 5.48. The van der Waals surface area contributed by atoms with E-state index in [4.69, 9.17) is 0 Å². The van der Waals surface area contributed by atoms with Gasteiger partial charge in [-0.3, -0.25) is 9.78 Å². The molecule has 1 aromatic carbocycles. The van der Waals surface area contributed by atoms with Crippen molar-refractivity contribution in [3.63, 3.8) is 0 Å². The molecule has 1 aliphatic heterocycles. The molecule has 122 valence electrons. The van der Waals surface area contributed by atoms with Crippen LogP contribution in [0.1, 0.15) is 24.6 Å². The quantitative estimate of drug-likeness (QED) is 0.941. The van der Waals surface area contributed by atoms with Crippen molar-refractivity contribution in [3.8, 4) is 0 Å². The molecule has 0 spiro atoms. The maximum absolute atomic E-state index is 12.2. The number of aromatic nitrogens is 2. The van der Waals surface area contributed by atoms with Gasteiger partial charge in [0, 0.05) is 43.1 Å². The molecular formula is C18H24N4O. The zero-order valence-corrected chi connectivity index (χ0v) is 13.9. The lowest BCUT2D eigenvalue weighted by atomic mass is 10.1. The summed E-state index contributed by atoms with van der Waals surface area (Å²) in [5.41, 5.74) is 2.94. The summed E-state index contributed by atoms with van der Waals surface area (Å²) in [6.45, 7) is 7.61. The van der Waals surface area contributed by atoms with Gasteiger partial charge in [0.15, 0.2) is 0 Å². The lowest BCUT2D eigenvalue weighted by molar-refractivity contribution is 0.636. The average molecular weight is 312 g/mol. The minimum atomic E-state index is 0.0137. The zero-order valence-electron chi connectivity index (χ0n) is 13.9. The number of anilines is 2. The Hall–Kier alpha value is -2.30. The summed E-state index contributed by atoms with van der Waals surface area (Å²) in [5.74, 6) is 0.708. The average Bonchev–Trinajstić information content (AvgIpc) is 2.59. The highest BCUT2D eigenvalue weighted by atomic mass is 16.1. The van der Waals surface area contributed by atoms with Crippen LogP contribution < -0.4 is 15.4 Å². The van der Waals surface area contributed by atoms with Gasteiger partial charge in [0.05, 0.1) is 0 Å². The molecule has 0 saturated carbocycles. The fourth-order valence-electron chi connectivity index (χ4n) is 3.11. The Morgan fingerprint density at radius 1 is 1.09 bits per heavy atom. The van der Waals surface area contributed by atoms with E-state index in [0.29, 0.717) is 5.95 Å². The van der Waals surface area contributed by atoms with Crippen LogP contribution in [0.25, 0.3) is 0 Å². The number of piperazine rings is 1. The van der Waals surface area contributed by atoms with E-state index < -0.39 is 0 Å². The topological polar surface area (TPSA) is 52.2 Å². The Kier molecular flexibility index (Phi) is 4.65. The van der Waals surface area contributed by atoms with E-state index in [1.807, 2.05) is 13.0 Å². The third-order valence-electron chi connectivity index (χ3n) is 4.41. The molecule has 1 saturated heterocycles. The maximum atomic E-state index is 12.2. The van der Waals surface area contributed by atoms with Crippen LogP contribution in [0.15, 0.2) is 35.1 Å². The predicted molar refractivity (Wildman–Crippen MR) is 94.5 cm³/mol. The number of para-hydroxylation sites is 1. The molecule has 2 heterocycles. The van der Waals surface area contributed by atoms with Crippen LogP contribution in [-0.2, 0) is 6.42 Å². The summed E-state index contributed by atoms with van der Waals surface area (Å²) in [6, 6.07) is 10.4. The number of hydrogen-bond donors (Lipinski definition) is 1. The SMILES string of the molecule is CCCc1c(C)nc(N2CCN(c3ccccc3)CC2)[nH]c1=O. The van der Waals surface area contributed by atoms with Gasteiger partial charge >= 0.3 is 0 Å². The van der Waals surface area contributed by atoms with Crippen LogP contribution in [0.4, 0.5) is 11.6 Å². The molecule has 0 amide bonds. The van der Waals surface area contributed by atoms with Gasteiger partial charge in [-0.1, -0.05) is 31.5 Å². The summed E-state index contributed by atoms with van der Waals surface area (Å²) in [7, 11) is 0. The smallest absolute Gasteiger partial charge is 0.255 e. The molecule has 0 unspecified atom stereocenters. The molecule has 0 bridgehead atoms. The van der Waals surface area contributed by atoms with Crippen LogP contribution in [0.5, 0.6) is 0 Å². The number of hydrogen-bond acceptors (Lipinski definition) is 4. The molecule has 1 aromatic heterocycles.